The number of esters is 1. The quantitative estimate of drug-likeness (QED) is 0.743. The van der Waals surface area contributed by atoms with Crippen LogP contribution >= 0.6 is 0 Å². The van der Waals surface area contributed by atoms with E-state index in [2.05, 4.69) is 23.9 Å². The van der Waals surface area contributed by atoms with E-state index < -0.39 is 5.97 Å². The molecular formula is C13H21NO3. The molecule has 0 aliphatic rings. The molecule has 1 unspecified atom stereocenters. The zero-order chi connectivity index (χ0) is 12.7. The molecule has 1 aromatic rings. The molecule has 1 atom stereocenters. The van der Waals surface area contributed by atoms with E-state index in [0.717, 1.165) is 12.2 Å². The number of carbonyl (C=O) groups excluding carboxylic acids is 1. The van der Waals surface area contributed by atoms with Gasteiger partial charge in [0.15, 0.2) is 0 Å². The third kappa shape index (κ3) is 4.61. The predicted molar refractivity (Wildman–Crippen MR) is 65.9 cm³/mol. The molecule has 4 heteroatoms. The molecule has 0 amide bonds. The Morgan fingerprint density at radius 1 is 1.53 bits per heavy atom. The number of unbranched alkanes of at least 4 members (excludes halogenated alkanes) is 1. The molecule has 1 aromatic heterocycles. The lowest BCUT2D eigenvalue weighted by atomic mass is 10.1. The van der Waals surface area contributed by atoms with E-state index in [1.807, 2.05) is 0 Å². The van der Waals surface area contributed by atoms with E-state index in [1.54, 1.807) is 12.1 Å². The van der Waals surface area contributed by atoms with E-state index in [-0.39, 0.29) is 5.76 Å². The SMILES string of the molecule is CCCCC(C)NCc1ccc(C(=O)OC)o1. The molecule has 0 fully saturated rings. The third-order valence-electron chi connectivity index (χ3n) is 2.66. The Kier molecular flexibility index (Phi) is 5.77. The van der Waals surface area contributed by atoms with Crippen LogP contribution in [0.3, 0.4) is 0 Å². The average molecular weight is 239 g/mol. The molecule has 0 saturated carbocycles. The number of nitrogens with one attached hydrogen (secondary N) is 1. The molecule has 0 radical (unpaired) electrons. The van der Waals surface area contributed by atoms with Crippen LogP contribution in [-0.2, 0) is 11.3 Å². The van der Waals surface area contributed by atoms with Crippen molar-refractivity contribution >= 4 is 5.97 Å². The Morgan fingerprint density at radius 2 is 2.29 bits per heavy atom. The number of hydrogen-bond donors (Lipinski definition) is 1. The first-order valence-electron chi connectivity index (χ1n) is 6.07. The molecule has 0 aliphatic carbocycles. The van der Waals surface area contributed by atoms with Crippen LogP contribution < -0.4 is 5.32 Å². The molecule has 0 spiro atoms. The highest BCUT2D eigenvalue weighted by atomic mass is 16.5. The average Bonchev–Trinajstić information content (AvgIpc) is 2.81. The van der Waals surface area contributed by atoms with Crippen LogP contribution in [0.15, 0.2) is 16.5 Å². The van der Waals surface area contributed by atoms with Crippen molar-refractivity contribution in [3.63, 3.8) is 0 Å². The smallest absolute Gasteiger partial charge is 0.373 e. The maximum atomic E-state index is 11.2. The van der Waals surface area contributed by atoms with Crippen molar-refractivity contribution in [2.75, 3.05) is 7.11 Å². The standard InChI is InChI=1S/C13H21NO3/c1-4-5-6-10(2)14-9-11-7-8-12(17-11)13(15)16-3/h7-8,10,14H,4-6,9H2,1-3H3. The second-order valence-electron chi connectivity index (χ2n) is 4.18. The fourth-order valence-electron chi connectivity index (χ4n) is 1.57. The number of ether oxygens (including phenoxy) is 1. The molecular weight excluding hydrogens is 218 g/mol. The molecule has 0 saturated heterocycles. The molecule has 1 heterocycles. The summed E-state index contributed by atoms with van der Waals surface area (Å²) >= 11 is 0. The van der Waals surface area contributed by atoms with Gasteiger partial charge in [0.1, 0.15) is 5.76 Å². The van der Waals surface area contributed by atoms with E-state index in [0.29, 0.717) is 12.6 Å². The lowest BCUT2D eigenvalue weighted by molar-refractivity contribution is 0.0563. The van der Waals surface area contributed by atoms with Crippen molar-refractivity contribution in [1.82, 2.24) is 5.32 Å². The van der Waals surface area contributed by atoms with Crippen LogP contribution in [0.5, 0.6) is 0 Å². The molecule has 0 bridgehead atoms. The van der Waals surface area contributed by atoms with Gasteiger partial charge >= 0.3 is 5.97 Å². The Balaban J connectivity index is 2.36. The van der Waals surface area contributed by atoms with Gasteiger partial charge in [-0.2, -0.15) is 0 Å². The summed E-state index contributed by atoms with van der Waals surface area (Å²) in [6, 6.07) is 3.90. The van der Waals surface area contributed by atoms with Crippen molar-refractivity contribution in [3.05, 3.63) is 23.7 Å². The van der Waals surface area contributed by atoms with Gasteiger partial charge in [-0.1, -0.05) is 19.8 Å². The van der Waals surface area contributed by atoms with Crippen LogP contribution in [0.1, 0.15) is 49.4 Å². The van der Waals surface area contributed by atoms with Gasteiger partial charge in [0.2, 0.25) is 5.76 Å². The van der Waals surface area contributed by atoms with E-state index in [4.69, 9.17) is 4.42 Å². The van der Waals surface area contributed by atoms with Gasteiger partial charge in [0.05, 0.1) is 13.7 Å². The molecule has 17 heavy (non-hydrogen) atoms. The zero-order valence-electron chi connectivity index (χ0n) is 10.8. The first-order valence-corrected chi connectivity index (χ1v) is 6.07. The minimum absolute atomic E-state index is 0.255. The Morgan fingerprint density at radius 3 is 2.94 bits per heavy atom. The number of rotatable bonds is 7. The van der Waals surface area contributed by atoms with Gasteiger partial charge in [0.25, 0.3) is 0 Å². The van der Waals surface area contributed by atoms with Gasteiger partial charge in [-0.15, -0.1) is 0 Å². The molecule has 96 valence electrons. The van der Waals surface area contributed by atoms with E-state index in [9.17, 15) is 4.79 Å². The van der Waals surface area contributed by atoms with Crippen molar-refractivity contribution in [3.8, 4) is 0 Å². The van der Waals surface area contributed by atoms with Crippen molar-refractivity contribution in [2.24, 2.45) is 0 Å². The summed E-state index contributed by atoms with van der Waals surface area (Å²) in [6.45, 7) is 4.98. The monoisotopic (exact) mass is 239 g/mol. The van der Waals surface area contributed by atoms with Gasteiger partial charge in [-0.3, -0.25) is 0 Å². The van der Waals surface area contributed by atoms with Gasteiger partial charge in [-0.05, 0) is 25.5 Å². The minimum atomic E-state index is -0.435. The summed E-state index contributed by atoms with van der Waals surface area (Å²) in [5.41, 5.74) is 0. The van der Waals surface area contributed by atoms with Crippen molar-refractivity contribution in [2.45, 2.75) is 45.7 Å². The van der Waals surface area contributed by atoms with Crippen LogP contribution in [0.25, 0.3) is 0 Å². The van der Waals surface area contributed by atoms with Crippen LogP contribution in [0.2, 0.25) is 0 Å². The van der Waals surface area contributed by atoms with Crippen LogP contribution in [0.4, 0.5) is 0 Å². The number of carbonyl (C=O) groups is 1. The fourth-order valence-corrected chi connectivity index (χ4v) is 1.57. The first-order chi connectivity index (χ1) is 8.17. The summed E-state index contributed by atoms with van der Waals surface area (Å²) in [6.07, 6.45) is 3.58. The normalized spacial score (nSPS) is 12.4. The highest BCUT2D eigenvalue weighted by Crippen LogP contribution is 2.09. The third-order valence-corrected chi connectivity index (χ3v) is 2.66. The minimum Gasteiger partial charge on any atom is -0.463 e. The first kappa shape index (κ1) is 13.8. The second kappa shape index (κ2) is 7.12. The summed E-state index contributed by atoms with van der Waals surface area (Å²) in [5.74, 6) is 0.578. The maximum absolute atomic E-state index is 11.2. The molecule has 1 rings (SSSR count). The summed E-state index contributed by atoms with van der Waals surface area (Å²) < 4.78 is 9.93. The van der Waals surface area contributed by atoms with Crippen LogP contribution in [0, 0.1) is 0 Å². The van der Waals surface area contributed by atoms with E-state index >= 15 is 0 Å². The number of furan rings is 1. The fraction of sp³-hybridized carbons (Fsp3) is 0.615. The van der Waals surface area contributed by atoms with Crippen molar-refractivity contribution < 1.29 is 13.9 Å². The predicted octanol–water partition coefficient (Wildman–Crippen LogP) is 2.73. The number of methoxy groups -OCH3 is 1. The summed E-state index contributed by atoms with van der Waals surface area (Å²) in [7, 11) is 1.34. The Labute approximate surface area is 102 Å². The van der Waals surface area contributed by atoms with Gasteiger partial charge in [0, 0.05) is 6.04 Å². The molecule has 4 nitrogen and oxygen atoms in total. The molecule has 0 aliphatic heterocycles. The number of hydrogen-bond acceptors (Lipinski definition) is 4. The zero-order valence-corrected chi connectivity index (χ0v) is 10.8. The summed E-state index contributed by atoms with van der Waals surface area (Å²) in [5, 5.41) is 3.36. The largest absolute Gasteiger partial charge is 0.463 e. The topological polar surface area (TPSA) is 51.5 Å². The molecule has 1 N–H and O–H groups in total. The van der Waals surface area contributed by atoms with Gasteiger partial charge < -0.3 is 14.5 Å². The Hall–Kier alpha value is -1.29. The summed E-state index contributed by atoms with van der Waals surface area (Å²) in [4.78, 5) is 11.2. The van der Waals surface area contributed by atoms with Crippen LogP contribution in [-0.4, -0.2) is 19.1 Å². The Bertz CT molecular complexity index is 346. The second-order valence-corrected chi connectivity index (χ2v) is 4.18. The van der Waals surface area contributed by atoms with Crippen molar-refractivity contribution in [1.29, 1.82) is 0 Å². The van der Waals surface area contributed by atoms with E-state index in [1.165, 1.54) is 20.0 Å². The highest BCUT2D eigenvalue weighted by Gasteiger charge is 2.11. The van der Waals surface area contributed by atoms with Gasteiger partial charge in [-0.25, -0.2) is 4.79 Å². The lowest BCUT2D eigenvalue weighted by Crippen LogP contribution is -2.25. The maximum Gasteiger partial charge on any atom is 0.373 e. The molecule has 0 aromatic carbocycles. The lowest BCUT2D eigenvalue weighted by Gasteiger charge is -2.11. The highest BCUT2D eigenvalue weighted by molar-refractivity contribution is 5.86.